The van der Waals surface area contributed by atoms with Gasteiger partial charge in [0.05, 0.1) is 19.3 Å². The van der Waals surface area contributed by atoms with E-state index in [1.165, 1.54) is 0 Å². The second-order valence-corrected chi connectivity index (χ2v) is 5.95. The van der Waals surface area contributed by atoms with Crippen molar-refractivity contribution >= 4 is 5.91 Å². The Labute approximate surface area is 147 Å². The molecule has 2 aromatic rings. The molecule has 3 rings (SSSR count). The Balaban J connectivity index is 1.75. The number of nitrogens with zero attached hydrogens (tertiary/aromatic N) is 3. The molecule has 0 radical (unpaired) electrons. The molecule has 134 valence electrons. The fourth-order valence-corrected chi connectivity index (χ4v) is 3.03. The molecule has 1 aromatic heterocycles. The summed E-state index contributed by atoms with van der Waals surface area (Å²) in [7, 11) is 0. The number of carbonyl (C=O) groups is 1. The number of hydrogen-bond acceptors (Lipinski definition) is 5. The van der Waals surface area contributed by atoms with Crippen LogP contribution in [0.3, 0.4) is 0 Å². The molecule has 1 atom stereocenters. The van der Waals surface area contributed by atoms with Crippen molar-refractivity contribution in [1.29, 1.82) is 0 Å². The van der Waals surface area contributed by atoms with Crippen LogP contribution in [0.25, 0.3) is 0 Å². The number of ether oxygens (including phenoxy) is 2. The normalized spacial score (nSPS) is 14.0. The summed E-state index contributed by atoms with van der Waals surface area (Å²) in [5.74, 6) is 2.84. The number of benzene rings is 1. The molecular weight excluding hydrogens is 320 g/mol. The number of carbonyl (C=O) groups excluding carboxylic acids is 1. The number of nitrogens with one attached hydrogen (secondary N) is 1. The van der Waals surface area contributed by atoms with Crippen LogP contribution in [-0.2, 0) is 13.0 Å². The van der Waals surface area contributed by atoms with Gasteiger partial charge >= 0.3 is 0 Å². The maximum atomic E-state index is 12.6. The van der Waals surface area contributed by atoms with E-state index in [1.54, 1.807) is 18.2 Å². The lowest BCUT2D eigenvalue weighted by atomic mass is 10.1. The van der Waals surface area contributed by atoms with E-state index < -0.39 is 0 Å². The predicted octanol–water partition coefficient (Wildman–Crippen LogP) is 2.51. The zero-order valence-corrected chi connectivity index (χ0v) is 14.9. The first kappa shape index (κ1) is 17.3. The fraction of sp³-hybridized carbons (Fsp3) is 0.500. The lowest BCUT2D eigenvalue weighted by molar-refractivity contribution is 0.0937. The van der Waals surface area contributed by atoms with Gasteiger partial charge in [-0.05, 0) is 45.4 Å². The molecule has 1 unspecified atom stereocenters. The van der Waals surface area contributed by atoms with Crippen LogP contribution in [0.5, 0.6) is 11.5 Å². The standard InChI is InChI=1S/C18H24N4O3/c1-4-24-14-9-8-13(11-15(14)25-5-2)18(23)19-12(3)17-21-20-16-7-6-10-22(16)17/h8-9,11-12H,4-7,10H2,1-3H3,(H,19,23). The number of hydrogen-bond donors (Lipinski definition) is 1. The first-order chi connectivity index (χ1) is 12.1. The third-order valence-corrected chi connectivity index (χ3v) is 4.18. The smallest absolute Gasteiger partial charge is 0.252 e. The van der Waals surface area contributed by atoms with Crippen LogP contribution in [-0.4, -0.2) is 33.9 Å². The minimum Gasteiger partial charge on any atom is -0.490 e. The number of aromatic nitrogens is 3. The molecule has 0 bridgehead atoms. The summed E-state index contributed by atoms with van der Waals surface area (Å²) in [5.41, 5.74) is 0.528. The van der Waals surface area contributed by atoms with Gasteiger partial charge in [0.25, 0.3) is 5.91 Å². The van der Waals surface area contributed by atoms with Gasteiger partial charge in [0, 0.05) is 18.5 Å². The van der Waals surface area contributed by atoms with Crippen LogP contribution >= 0.6 is 0 Å². The molecule has 0 saturated heterocycles. The molecule has 1 aliphatic heterocycles. The number of amides is 1. The van der Waals surface area contributed by atoms with Crippen molar-refractivity contribution in [3.05, 3.63) is 35.4 Å². The van der Waals surface area contributed by atoms with E-state index in [-0.39, 0.29) is 11.9 Å². The second kappa shape index (κ2) is 7.55. The summed E-state index contributed by atoms with van der Waals surface area (Å²) in [6.45, 7) is 7.69. The second-order valence-electron chi connectivity index (χ2n) is 5.95. The summed E-state index contributed by atoms with van der Waals surface area (Å²) in [4.78, 5) is 12.6. The van der Waals surface area contributed by atoms with E-state index in [2.05, 4.69) is 20.1 Å². The predicted molar refractivity (Wildman–Crippen MR) is 93.0 cm³/mol. The molecule has 0 saturated carbocycles. The van der Waals surface area contributed by atoms with Gasteiger partial charge in [0.1, 0.15) is 5.82 Å². The Hall–Kier alpha value is -2.57. The van der Waals surface area contributed by atoms with Crippen LogP contribution < -0.4 is 14.8 Å². The molecule has 1 aliphatic rings. The SMILES string of the molecule is CCOc1ccc(C(=O)NC(C)c2nnc3n2CCC3)cc1OCC. The number of aryl methyl sites for hydroxylation is 1. The molecule has 2 heterocycles. The Bertz CT molecular complexity index is 757. The molecule has 1 N–H and O–H groups in total. The van der Waals surface area contributed by atoms with E-state index >= 15 is 0 Å². The van der Waals surface area contributed by atoms with Gasteiger partial charge in [-0.15, -0.1) is 10.2 Å². The minimum absolute atomic E-state index is 0.174. The summed E-state index contributed by atoms with van der Waals surface area (Å²) in [6, 6.07) is 5.01. The maximum absolute atomic E-state index is 12.6. The Morgan fingerprint density at radius 2 is 2.00 bits per heavy atom. The highest BCUT2D eigenvalue weighted by Gasteiger charge is 2.23. The van der Waals surface area contributed by atoms with Gasteiger partial charge in [-0.3, -0.25) is 4.79 Å². The lowest BCUT2D eigenvalue weighted by Gasteiger charge is -2.15. The third-order valence-electron chi connectivity index (χ3n) is 4.18. The van der Waals surface area contributed by atoms with Gasteiger partial charge in [0.2, 0.25) is 0 Å². The zero-order valence-electron chi connectivity index (χ0n) is 14.9. The molecule has 25 heavy (non-hydrogen) atoms. The van der Waals surface area contributed by atoms with Crippen LogP contribution in [0.4, 0.5) is 0 Å². The van der Waals surface area contributed by atoms with Gasteiger partial charge in [-0.25, -0.2) is 0 Å². The van der Waals surface area contributed by atoms with E-state index in [1.807, 2.05) is 20.8 Å². The maximum Gasteiger partial charge on any atom is 0.252 e. The van der Waals surface area contributed by atoms with E-state index in [0.717, 1.165) is 31.0 Å². The third kappa shape index (κ3) is 3.60. The topological polar surface area (TPSA) is 78.3 Å². The zero-order chi connectivity index (χ0) is 17.8. The fourth-order valence-electron chi connectivity index (χ4n) is 3.03. The quantitative estimate of drug-likeness (QED) is 0.835. The van der Waals surface area contributed by atoms with E-state index in [4.69, 9.17) is 9.47 Å². The highest BCUT2D eigenvalue weighted by atomic mass is 16.5. The Morgan fingerprint density at radius 1 is 1.24 bits per heavy atom. The van der Waals surface area contributed by atoms with Crippen molar-refractivity contribution < 1.29 is 14.3 Å². The molecular formula is C18H24N4O3. The molecule has 0 aliphatic carbocycles. The van der Waals surface area contributed by atoms with Gasteiger partial charge in [-0.2, -0.15) is 0 Å². The van der Waals surface area contributed by atoms with Crippen molar-refractivity contribution in [3.63, 3.8) is 0 Å². The highest BCUT2D eigenvalue weighted by molar-refractivity contribution is 5.95. The van der Waals surface area contributed by atoms with E-state index in [9.17, 15) is 4.79 Å². The summed E-state index contributed by atoms with van der Waals surface area (Å²) >= 11 is 0. The van der Waals surface area contributed by atoms with Gasteiger partial charge in [-0.1, -0.05) is 0 Å². The lowest BCUT2D eigenvalue weighted by Crippen LogP contribution is -2.28. The largest absolute Gasteiger partial charge is 0.490 e. The van der Waals surface area contributed by atoms with E-state index in [0.29, 0.717) is 30.3 Å². The first-order valence-corrected chi connectivity index (χ1v) is 8.76. The van der Waals surface area contributed by atoms with Crippen LogP contribution in [0, 0.1) is 0 Å². The van der Waals surface area contributed by atoms with Crippen LogP contribution in [0.2, 0.25) is 0 Å². The Kier molecular flexibility index (Phi) is 5.21. The molecule has 0 fully saturated rings. The van der Waals surface area contributed by atoms with Gasteiger partial charge in [0.15, 0.2) is 17.3 Å². The van der Waals surface area contributed by atoms with Crippen molar-refractivity contribution in [3.8, 4) is 11.5 Å². The minimum atomic E-state index is -0.214. The van der Waals surface area contributed by atoms with Crippen molar-refractivity contribution in [2.45, 2.75) is 46.2 Å². The molecule has 1 aromatic carbocycles. The molecule has 7 nitrogen and oxygen atoms in total. The van der Waals surface area contributed by atoms with Gasteiger partial charge < -0.3 is 19.4 Å². The summed E-state index contributed by atoms with van der Waals surface area (Å²) in [6.07, 6.45) is 2.03. The average Bonchev–Trinajstić information content (AvgIpc) is 3.20. The first-order valence-electron chi connectivity index (χ1n) is 8.76. The monoisotopic (exact) mass is 344 g/mol. The summed E-state index contributed by atoms with van der Waals surface area (Å²) < 4.78 is 13.2. The van der Waals surface area contributed by atoms with Crippen molar-refractivity contribution in [2.24, 2.45) is 0 Å². The van der Waals surface area contributed by atoms with Crippen molar-refractivity contribution in [2.75, 3.05) is 13.2 Å². The average molecular weight is 344 g/mol. The van der Waals surface area contributed by atoms with Crippen molar-refractivity contribution in [1.82, 2.24) is 20.1 Å². The Morgan fingerprint density at radius 3 is 2.76 bits per heavy atom. The molecule has 7 heteroatoms. The number of fused-ring (bicyclic) bond motifs is 1. The molecule has 0 spiro atoms. The van der Waals surface area contributed by atoms with Crippen LogP contribution in [0.1, 0.15) is 55.2 Å². The number of rotatable bonds is 7. The molecule has 1 amide bonds. The highest BCUT2D eigenvalue weighted by Crippen LogP contribution is 2.29. The summed E-state index contributed by atoms with van der Waals surface area (Å²) in [5, 5.41) is 11.4. The van der Waals surface area contributed by atoms with Crippen LogP contribution in [0.15, 0.2) is 18.2 Å².